The minimum absolute atomic E-state index is 0.193. The first-order valence-electron chi connectivity index (χ1n) is 9.90. The molecule has 3 saturated heterocycles. The van der Waals surface area contributed by atoms with Crippen LogP contribution in [0.15, 0.2) is 4.99 Å². The maximum atomic E-state index is 11.7. The fraction of sp³-hybridized carbons (Fsp3) is 0.944. The van der Waals surface area contributed by atoms with Crippen LogP contribution < -0.4 is 5.32 Å². The van der Waals surface area contributed by atoms with Crippen molar-refractivity contribution in [3.05, 3.63) is 0 Å². The zero-order chi connectivity index (χ0) is 17.3. The molecule has 4 fully saturated rings. The summed E-state index contributed by atoms with van der Waals surface area (Å²) in [5.41, 5.74) is 0. The van der Waals surface area contributed by atoms with E-state index in [4.69, 9.17) is 9.73 Å². The average molecular weight is 370 g/mol. The molecular weight excluding hydrogens is 338 g/mol. The van der Waals surface area contributed by atoms with Crippen molar-refractivity contribution in [1.29, 1.82) is 0 Å². The number of nitrogens with zero attached hydrogens (tertiary/aromatic N) is 2. The van der Waals surface area contributed by atoms with E-state index < -0.39 is 9.84 Å². The lowest BCUT2D eigenvalue weighted by molar-refractivity contribution is 0.186. The number of aliphatic imine (C=N–C) groups is 1. The smallest absolute Gasteiger partial charge is 0.193 e. The van der Waals surface area contributed by atoms with Crippen molar-refractivity contribution in [1.82, 2.24) is 10.2 Å². The zero-order valence-electron chi connectivity index (χ0n) is 15.0. The Hall–Kier alpha value is -0.820. The van der Waals surface area contributed by atoms with E-state index in [0.717, 1.165) is 63.5 Å². The molecule has 3 heterocycles. The van der Waals surface area contributed by atoms with Gasteiger partial charge in [-0.05, 0) is 49.9 Å². The molecule has 4 aliphatic rings. The Labute approximate surface area is 151 Å². The zero-order valence-corrected chi connectivity index (χ0v) is 15.8. The summed E-state index contributed by atoms with van der Waals surface area (Å²) >= 11 is 0. The molecule has 0 radical (unpaired) electrons. The van der Waals surface area contributed by atoms with Crippen molar-refractivity contribution in [2.24, 2.45) is 28.7 Å². The Bertz CT molecular complexity index is 597. The maximum absolute atomic E-state index is 11.7. The summed E-state index contributed by atoms with van der Waals surface area (Å²) in [6, 6.07) is 0. The van der Waals surface area contributed by atoms with Crippen LogP contribution in [0.25, 0.3) is 0 Å². The summed E-state index contributed by atoms with van der Waals surface area (Å²) < 4.78 is 28.8. The van der Waals surface area contributed by atoms with Crippen LogP contribution >= 0.6 is 0 Å². The molecular formula is C18H31N3O3S. The Morgan fingerprint density at radius 1 is 1.12 bits per heavy atom. The second-order valence-electron chi connectivity index (χ2n) is 8.38. The van der Waals surface area contributed by atoms with E-state index in [2.05, 4.69) is 10.2 Å². The maximum Gasteiger partial charge on any atom is 0.193 e. The molecule has 4 rings (SSSR count). The summed E-state index contributed by atoms with van der Waals surface area (Å²) in [5, 5.41) is 3.57. The third kappa shape index (κ3) is 4.67. The largest absolute Gasteiger partial charge is 0.381 e. The van der Waals surface area contributed by atoms with E-state index in [-0.39, 0.29) is 5.92 Å². The molecule has 0 bridgehead atoms. The Kier molecular flexibility index (Phi) is 5.23. The predicted octanol–water partition coefficient (Wildman–Crippen LogP) is 1.14. The third-order valence-corrected chi connectivity index (χ3v) is 8.05. The van der Waals surface area contributed by atoms with E-state index in [1.54, 1.807) is 0 Å². The lowest BCUT2D eigenvalue weighted by atomic mass is 10.0. The van der Waals surface area contributed by atoms with Crippen LogP contribution in [0, 0.1) is 23.7 Å². The number of hydrogen-bond donors (Lipinski definition) is 1. The minimum atomic E-state index is -2.82. The van der Waals surface area contributed by atoms with Crippen LogP contribution in [0.1, 0.15) is 32.1 Å². The third-order valence-electron chi connectivity index (χ3n) is 6.21. The predicted molar refractivity (Wildman–Crippen MR) is 98.4 cm³/mol. The molecule has 0 amide bonds. The molecule has 3 aliphatic heterocycles. The highest BCUT2D eigenvalue weighted by atomic mass is 32.2. The minimum Gasteiger partial charge on any atom is -0.381 e. The highest BCUT2D eigenvalue weighted by Gasteiger charge is 2.37. The van der Waals surface area contributed by atoms with E-state index in [1.807, 2.05) is 0 Å². The second-order valence-corrected chi connectivity index (χ2v) is 10.6. The van der Waals surface area contributed by atoms with E-state index in [9.17, 15) is 8.42 Å². The topological polar surface area (TPSA) is 71.0 Å². The Morgan fingerprint density at radius 2 is 2.00 bits per heavy atom. The van der Waals surface area contributed by atoms with Gasteiger partial charge in [0, 0.05) is 38.7 Å². The van der Waals surface area contributed by atoms with Crippen molar-refractivity contribution in [2.75, 3.05) is 50.9 Å². The molecule has 3 atom stereocenters. The first-order chi connectivity index (χ1) is 12.1. The molecule has 0 aromatic rings. The van der Waals surface area contributed by atoms with Crippen LogP contribution in [0.2, 0.25) is 0 Å². The van der Waals surface area contributed by atoms with Gasteiger partial charge in [-0.25, -0.2) is 8.42 Å². The standard InChI is InChI=1S/C18H31N3O3S/c22-25(23)8-5-15(13-25)10-20-18(19-9-14-4-7-24-12-14)21-6-3-17(11-21)16-1-2-16/h14-17H,1-13H2,(H,19,20). The molecule has 3 unspecified atom stereocenters. The summed E-state index contributed by atoms with van der Waals surface area (Å²) in [6.45, 7) is 5.44. The van der Waals surface area contributed by atoms with Crippen molar-refractivity contribution in [3.8, 4) is 0 Å². The fourth-order valence-electron chi connectivity index (χ4n) is 4.41. The van der Waals surface area contributed by atoms with Gasteiger partial charge in [-0.15, -0.1) is 0 Å². The van der Waals surface area contributed by atoms with Crippen molar-refractivity contribution < 1.29 is 13.2 Å². The Morgan fingerprint density at radius 3 is 2.68 bits per heavy atom. The second kappa shape index (κ2) is 7.43. The van der Waals surface area contributed by atoms with E-state index in [1.165, 1.54) is 19.3 Å². The van der Waals surface area contributed by atoms with Gasteiger partial charge in [0.25, 0.3) is 0 Å². The molecule has 0 aromatic carbocycles. The first-order valence-corrected chi connectivity index (χ1v) is 11.7. The molecule has 25 heavy (non-hydrogen) atoms. The number of hydrogen-bond acceptors (Lipinski definition) is 4. The molecule has 7 heteroatoms. The monoisotopic (exact) mass is 369 g/mol. The van der Waals surface area contributed by atoms with Crippen molar-refractivity contribution >= 4 is 15.8 Å². The van der Waals surface area contributed by atoms with Gasteiger partial charge in [0.1, 0.15) is 0 Å². The van der Waals surface area contributed by atoms with Gasteiger partial charge in [-0.3, -0.25) is 4.99 Å². The van der Waals surface area contributed by atoms with Gasteiger partial charge in [0.2, 0.25) is 0 Å². The quantitative estimate of drug-likeness (QED) is 0.581. The number of ether oxygens (including phenoxy) is 1. The SMILES string of the molecule is O=S1(=O)CCC(CN=C(NCC2CCOC2)N2CCC(C3CC3)C2)C1. The number of rotatable bonds is 5. The average Bonchev–Trinajstić information content (AvgIpc) is 3.00. The summed E-state index contributed by atoms with van der Waals surface area (Å²) in [4.78, 5) is 7.26. The summed E-state index contributed by atoms with van der Waals surface area (Å²) in [6.07, 6.45) is 5.96. The molecule has 1 saturated carbocycles. The number of likely N-dealkylation sites (tertiary alicyclic amines) is 1. The van der Waals surface area contributed by atoms with Gasteiger partial charge in [-0.1, -0.05) is 0 Å². The van der Waals surface area contributed by atoms with Crippen LogP contribution in [0.5, 0.6) is 0 Å². The highest BCUT2D eigenvalue weighted by Crippen LogP contribution is 2.41. The van der Waals surface area contributed by atoms with Crippen LogP contribution in [-0.4, -0.2) is 70.2 Å². The van der Waals surface area contributed by atoms with E-state index in [0.29, 0.717) is 24.0 Å². The van der Waals surface area contributed by atoms with E-state index >= 15 is 0 Å². The van der Waals surface area contributed by atoms with Crippen molar-refractivity contribution in [3.63, 3.8) is 0 Å². The number of guanidine groups is 1. The van der Waals surface area contributed by atoms with Crippen LogP contribution in [0.4, 0.5) is 0 Å². The molecule has 6 nitrogen and oxygen atoms in total. The normalized spacial score (nSPS) is 35.4. The Balaban J connectivity index is 1.36. The number of sulfone groups is 1. The van der Waals surface area contributed by atoms with Gasteiger partial charge < -0.3 is 15.0 Å². The fourth-order valence-corrected chi connectivity index (χ4v) is 6.26. The number of nitrogens with one attached hydrogen (secondary N) is 1. The van der Waals surface area contributed by atoms with Crippen molar-refractivity contribution in [2.45, 2.75) is 32.1 Å². The van der Waals surface area contributed by atoms with Gasteiger partial charge in [-0.2, -0.15) is 0 Å². The lowest BCUT2D eigenvalue weighted by Crippen LogP contribution is -2.42. The van der Waals surface area contributed by atoms with Crippen LogP contribution in [-0.2, 0) is 14.6 Å². The van der Waals surface area contributed by atoms with Gasteiger partial charge >= 0.3 is 0 Å². The van der Waals surface area contributed by atoms with Gasteiger partial charge in [0.05, 0.1) is 18.1 Å². The summed E-state index contributed by atoms with van der Waals surface area (Å²) in [5.74, 6) is 4.17. The lowest BCUT2D eigenvalue weighted by Gasteiger charge is -2.24. The molecule has 0 aromatic heterocycles. The molecule has 1 aliphatic carbocycles. The summed E-state index contributed by atoms with van der Waals surface area (Å²) in [7, 11) is -2.82. The molecule has 0 spiro atoms. The molecule has 142 valence electrons. The highest BCUT2D eigenvalue weighted by molar-refractivity contribution is 7.91. The first kappa shape index (κ1) is 17.6. The van der Waals surface area contributed by atoms with Gasteiger partial charge in [0.15, 0.2) is 15.8 Å². The molecule has 1 N–H and O–H groups in total. The van der Waals surface area contributed by atoms with Crippen LogP contribution in [0.3, 0.4) is 0 Å².